The van der Waals surface area contributed by atoms with E-state index in [2.05, 4.69) is 43.5 Å². The van der Waals surface area contributed by atoms with Crippen LogP contribution in [0.2, 0.25) is 0 Å². The van der Waals surface area contributed by atoms with Gasteiger partial charge in [-0.25, -0.2) is 0 Å². The van der Waals surface area contributed by atoms with Gasteiger partial charge in [0.25, 0.3) is 0 Å². The minimum atomic E-state index is -1.28. The van der Waals surface area contributed by atoms with Crippen LogP contribution in [0, 0.1) is 0 Å². The van der Waals surface area contributed by atoms with Crippen LogP contribution in [0.15, 0.2) is 24.3 Å². The van der Waals surface area contributed by atoms with Crippen LogP contribution in [0.3, 0.4) is 0 Å². The Balaban J connectivity index is 3.73. The predicted molar refractivity (Wildman–Crippen MR) is 187 cm³/mol. The van der Waals surface area contributed by atoms with Gasteiger partial charge in [-0.1, -0.05) is 147 Å². The van der Waals surface area contributed by atoms with Crippen molar-refractivity contribution in [2.75, 3.05) is 6.61 Å². The van der Waals surface area contributed by atoms with Gasteiger partial charge in [-0.05, 0) is 57.8 Å². The largest absolute Gasteiger partial charge is 0.394 e. The number of nitrogens with one attached hydrogen (secondary N) is 1. The number of allylic oxidation sites excluding steroid dienone is 4. The zero-order chi connectivity index (χ0) is 32.5. The topological polar surface area (TPSA) is 110 Å². The van der Waals surface area contributed by atoms with Gasteiger partial charge in [0.15, 0.2) is 0 Å². The van der Waals surface area contributed by atoms with Crippen molar-refractivity contribution < 1.29 is 25.2 Å². The van der Waals surface area contributed by atoms with Crippen LogP contribution < -0.4 is 5.32 Å². The second kappa shape index (κ2) is 33.2. The van der Waals surface area contributed by atoms with Crippen molar-refractivity contribution in [2.45, 2.75) is 205 Å². The summed E-state index contributed by atoms with van der Waals surface area (Å²) in [5, 5.41) is 43.1. The van der Waals surface area contributed by atoms with Crippen LogP contribution in [0.4, 0.5) is 0 Å². The van der Waals surface area contributed by atoms with E-state index in [0.717, 1.165) is 44.9 Å². The molecule has 0 heterocycles. The number of rotatable bonds is 33. The Morgan fingerprint density at radius 3 is 1.43 bits per heavy atom. The highest BCUT2D eigenvalue weighted by molar-refractivity contribution is 5.80. The van der Waals surface area contributed by atoms with E-state index in [1.54, 1.807) is 0 Å². The molecule has 0 rings (SSSR count). The van der Waals surface area contributed by atoms with Crippen molar-refractivity contribution in [3.63, 3.8) is 0 Å². The summed E-state index contributed by atoms with van der Waals surface area (Å²) in [6, 6.07) is -0.999. The molecule has 4 unspecified atom stereocenters. The molecule has 44 heavy (non-hydrogen) atoms. The molecule has 6 nitrogen and oxygen atoms in total. The average Bonchev–Trinajstić information content (AvgIpc) is 3.03. The summed E-state index contributed by atoms with van der Waals surface area (Å²) < 4.78 is 0. The Morgan fingerprint density at radius 1 is 0.545 bits per heavy atom. The maximum atomic E-state index is 12.4. The molecule has 0 saturated heterocycles. The van der Waals surface area contributed by atoms with E-state index in [1.807, 2.05) is 0 Å². The number of aliphatic hydroxyl groups excluding tert-OH is 4. The molecule has 0 saturated carbocycles. The molecule has 0 fully saturated rings. The molecule has 260 valence electrons. The van der Waals surface area contributed by atoms with Crippen LogP contribution in [0.25, 0.3) is 0 Å². The minimum absolute atomic E-state index is 0.356. The molecule has 0 aliphatic rings. The summed E-state index contributed by atoms with van der Waals surface area (Å²) in [4.78, 5) is 12.4. The first-order valence-corrected chi connectivity index (χ1v) is 18.7. The van der Waals surface area contributed by atoms with Crippen LogP contribution in [-0.2, 0) is 4.79 Å². The minimum Gasteiger partial charge on any atom is -0.394 e. The highest BCUT2D eigenvalue weighted by Gasteiger charge is 2.28. The molecule has 0 bridgehead atoms. The second-order valence-corrected chi connectivity index (χ2v) is 12.9. The lowest BCUT2D eigenvalue weighted by molar-refractivity contribution is -0.132. The molecule has 0 radical (unpaired) electrons. The van der Waals surface area contributed by atoms with Crippen molar-refractivity contribution in [2.24, 2.45) is 0 Å². The molecule has 0 aromatic rings. The fraction of sp³-hybridized carbons (Fsp3) is 0.868. The third-order valence-corrected chi connectivity index (χ3v) is 8.63. The number of aliphatic hydroxyl groups is 4. The Hall–Kier alpha value is -1.21. The summed E-state index contributed by atoms with van der Waals surface area (Å²) in [6.45, 7) is 3.93. The highest BCUT2D eigenvalue weighted by Crippen LogP contribution is 2.14. The lowest BCUT2D eigenvalue weighted by Gasteiger charge is -2.27. The summed E-state index contributed by atoms with van der Waals surface area (Å²) in [5.41, 5.74) is 0. The summed E-state index contributed by atoms with van der Waals surface area (Å²) in [5.74, 6) is -0.603. The van der Waals surface area contributed by atoms with Gasteiger partial charge >= 0.3 is 0 Å². The number of hydrogen-bond acceptors (Lipinski definition) is 5. The van der Waals surface area contributed by atoms with E-state index >= 15 is 0 Å². The maximum absolute atomic E-state index is 12.4. The third kappa shape index (κ3) is 27.1. The molecule has 5 N–H and O–H groups in total. The van der Waals surface area contributed by atoms with Crippen molar-refractivity contribution in [1.29, 1.82) is 0 Å². The molecular formula is C38H73NO5. The molecule has 4 atom stereocenters. The van der Waals surface area contributed by atoms with E-state index < -0.39 is 36.9 Å². The number of unbranched alkanes of at least 4 members (excludes halogenated alkanes) is 20. The van der Waals surface area contributed by atoms with Crippen molar-refractivity contribution in [3.05, 3.63) is 24.3 Å². The predicted octanol–water partition coefficient (Wildman–Crippen LogP) is 8.84. The van der Waals surface area contributed by atoms with Gasteiger partial charge in [-0.3, -0.25) is 4.79 Å². The molecule has 0 aliphatic heterocycles. The van der Waals surface area contributed by atoms with Gasteiger partial charge in [0, 0.05) is 0 Å². The van der Waals surface area contributed by atoms with E-state index in [-0.39, 0.29) is 0 Å². The lowest BCUT2D eigenvalue weighted by atomic mass is 10.00. The Morgan fingerprint density at radius 2 is 0.955 bits per heavy atom. The zero-order valence-corrected chi connectivity index (χ0v) is 28.9. The first-order chi connectivity index (χ1) is 21.5. The second-order valence-electron chi connectivity index (χ2n) is 12.9. The normalized spacial score (nSPS) is 14.8. The fourth-order valence-corrected chi connectivity index (χ4v) is 5.56. The SMILES string of the molecule is CCCC/C=C/CCCC(O)C(O)C(CO)NC(=O)C(O)CCCCCCCC/C=C\CCCCCCCCCCCCC. The number of amides is 1. The van der Waals surface area contributed by atoms with E-state index in [4.69, 9.17) is 0 Å². The maximum Gasteiger partial charge on any atom is 0.249 e. The van der Waals surface area contributed by atoms with Gasteiger partial charge < -0.3 is 25.7 Å². The number of hydrogen-bond donors (Lipinski definition) is 5. The molecule has 1 amide bonds. The van der Waals surface area contributed by atoms with Crippen molar-refractivity contribution >= 4 is 5.91 Å². The number of carbonyl (C=O) groups is 1. The van der Waals surface area contributed by atoms with Gasteiger partial charge in [0.05, 0.1) is 18.8 Å². The smallest absolute Gasteiger partial charge is 0.249 e. The molecule has 0 spiro atoms. The van der Waals surface area contributed by atoms with Crippen LogP contribution in [-0.4, -0.2) is 57.3 Å². The zero-order valence-electron chi connectivity index (χ0n) is 28.9. The van der Waals surface area contributed by atoms with Crippen LogP contribution in [0.5, 0.6) is 0 Å². The molecule has 0 aromatic carbocycles. The Labute approximate surface area is 272 Å². The van der Waals surface area contributed by atoms with Gasteiger partial charge in [0.1, 0.15) is 12.2 Å². The Kier molecular flexibility index (Phi) is 32.2. The van der Waals surface area contributed by atoms with Gasteiger partial charge in [-0.2, -0.15) is 0 Å². The van der Waals surface area contributed by atoms with Crippen molar-refractivity contribution in [3.8, 4) is 0 Å². The molecule has 0 aliphatic carbocycles. The Bertz CT molecular complexity index is 668. The third-order valence-electron chi connectivity index (χ3n) is 8.63. The van der Waals surface area contributed by atoms with E-state index in [0.29, 0.717) is 19.3 Å². The van der Waals surface area contributed by atoms with Crippen LogP contribution >= 0.6 is 0 Å². The lowest BCUT2D eigenvalue weighted by Crippen LogP contribution is -2.53. The molecule has 0 aromatic heterocycles. The summed E-state index contributed by atoms with van der Waals surface area (Å²) in [7, 11) is 0. The first-order valence-electron chi connectivity index (χ1n) is 18.7. The highest BCUT2D eigenvalue weighted by atomic mass is 16.3. The summed E-state index contributed by atoms with van der Waals surface area (Å²) >= 11 is 0. The standard InChI is InChI=1S/C38H73NO5/c1-3-5-7-9-11-12-13-14-15-16-17-18-19-20-21-22-23-24-26-28-30-32-36(42)38(44)39-34(33-40)37(43)35(41)31-29-27-25-10-8-6-4-2/h10,19-20,25,34-37,40-43H,3-9,11-18,21-24,26-33H2,1-2H3,(H,39,44)/b20-19-,25-10+. The van der Waals surface area contributed by atoms with Crippen LogP contribution in [0.1, 0.15) is 181 Å². The molecule has 6 heteroatoms. The first kappa shape index (κ1) is 42.8. The van der Waals surface area contributed by atoms with E-state index in [9.17, 15) is 25.2 Å². The number of carbonyl (C=O) groups excluding carboxylic acids is 1. The van der Waals surface area contributed by atoms with Crippen molar-refractivity contribution in [1.82, 2.24) is 5.32 Å². The average molecular weight is 624 g/mol. The summed E-state index contributed by atoms with van der Waals surface area (Å²) in [6.07, 6.45) is 35.2. The van der Waals surface area contributed by atoms with E-state index in [1.165, 1.54) is 103 Å². The monoisotopic (exact) mass is 624 g/mol. The quantitative estimate of drug-likeness (QED) is 0.0371. The molecular weight excluding hydrogens is 550 g/mol. The van der Waals surface area contributed by atoms with Gasteiger partial charge in [0.2, 0.25) is 5.91 Å². The van der Waals surface area contributed by atoms with Gasteiger partial charge in [-0.15, -0.1) is 0 Å². The fourth-order valence-electron chi connectivity index (χ4n) is 5.56.